The number of rotatable bonds is 4. The molecule has 4 atom stereocenters. The van der Waals surface area contributed by atoms with E-state index in [0.717, 1.165) is 42.0 Å². The summed E-state index contributed by atoms with van der Waals surface area (Å²) in [5, 5.41) is 45.1. The van der Waals surface area contributed by atoms with Crippen LogP contribution in [0.25, 0.3) is 16.9 Å². The monoisotopic (exact) mass is 586 g/mol. The van der Waals surface area contributed by atoms with Crippen LogP contribution in [0.3, 0.4) is 0 Å². The Morgan fingerprint density at radius 1 is 1.09 bits per heavy atom. The minimum atomic E-state index is -2.66. The molecule has 1 heterocycles. The number of phenols is 1. The molecule has 4 aliphatic rings. The van der Waals surface area contributed by atoms with Gasteiger partial charge < -0.3 is 31.1 Å². The summed E-state index contributed by atoms with van der Waals surface area (Å²) in [6.07, 6.45) is 2.24. The number of aromatic hydroxyl groups is 1. The normalized spacial score (nSPS) is 28.0. The maximum Gasteiger partial charge on any atom is 0.255 e. The fourth-order valence-electron chi connectivity index (χ4n) is 7.31. The van der Waals surface area contributed by atoms with E-state index in [9.17, 15) is 34.8 Å². The average molecular weight is 587 g/mol. The van der Waals surface area contributed by atoms with Crippen molar-refractivity contribution >= 4 is 34.8 Å². The number of primary amides is 1. The highest BCUT2D eigenvalue weighted by Crippen LogP contribution is 2.53. The number of likely N-dealkylation sites (tertiary alicyclic amines) is 1. The lowest BCUT2D eigenvalue weighted by Gasteiger charge is -2.50. The summed E-state index contributed by atoms with van der Waals surface area (Å²) >= 11 is 0. The molecule has 2 aromatic rings. The van der Waals surface area contributed by atoms with Crippen molar-refractivity contribution in [2.45, 2.75) is 37.3 Å². The highest BCUT2D eigenvalue weighted by Gasteiger charge is 2.64. The van der Waals surface area contributed by atoms with Gasteiger partial charge in [0.2, 0.25) is 5.78 Å². The molecule has 0 radical (unpaired) electrons. The molecule has 2 aromatic carbocycles. The number of hydrogen-bond donors (Lipinski definition) is 5. The number of carbonyl (C=O) groups excluding carboxylic acids is 3. The van der Waals surface area contributed by atoms with E-state index >= 15 is 0 Å². The van der Waals surface area contributed by atoms with Gasteiger partial charge in [0, 0.05) is 31.5 Å². The quantitative estimate of drug-likeness (QED) is 0.337. The predicted molar refractivity (Wildman–Crippen MR) is 159 cm³/mol. The summed E-state index contributed by atoms with van der Waals surface area (Å²) in [4.78, 5) is 47.8. The van der Waals surface area contributed by atoms with Crippen molar-refractivity contribution in [3.8, 4) is 16.9 Å². The Hall–Kier alpha value is -4.48. The molecule has 6 rings (SSSR count). The van der Waals surface area contributed by atoms with Crippen molar-refractivity contribution in [1.29, 1.82) is 0 Å². The van der Waals surface area contributed by atoms with Gasteiger partial charge in [-0.2, -0.15) is 0 Å². The molecule has 1 saturated heterocycles. The topological polar surface area (TPSA) is 177 Å². The Labute approximate surface area is 248 Å². The van der Waals surface area contributed by atoms with Crippen LogP contribution >= 0.6 is 0 Å². The molecular formula is C32H34N4O7. The van der Waals surface area contributed by atoms with Crippen LogP contribution in [-0.2, 0) is 20.8 Å². The van der Waals surface area contributed by atoms with Crippen molar-refractivity contribution in [3.05, 3.63) is 64.4 Å². The number of benzene rings is 2. The molecule has 11 nitrogen and oxygen atoms in total. The van der Waals surface area contributed by atoms with Crippen LogP contribution < -0.4 is 5.73 Å². The summed E-state index contributed by atoms with van der Waals surface area (Å²) in [7, 11) is 5.16. The van der Waals surface area contributed by atoms with E-state index in [4.69, 9.17) is 10.7 Å². The molecule has 0 bridgehead atoms. The number of amides is 1. The molecule has 11 heteroatoms. The third kappa shape index (κ3) is 4.17. The molecule has 6 N–H and O–H groups in total. The minimum Gasteiger partial charge on any atom is -0.508 e. The third-order valence-corrected chi connectivity index (χ3v) is 9.38. The second-order valence-electron chi connectivity index (χ2n) is 12.0. The second kappa shape index (κ2) is 10.1. The van der Waals surface area contributed by atoms with Gasteiger partial charge in [-0.15, -0.1) is 0 Å². The first-order chi connectivity index (χ1) is 20.4. The van der Waals surface area contributed by atoms with Gasteiger partial charge in [-0.3, -0.25) is 19.3 Å². The number of carbonyl (C=O) groups is 3. The smallest absolute Gasteiger partial charge is 0.255 e. The van der Waals surface area contributed by atoms with Crippen molar-refractivity contribution in [1.82, 2.24) is 9.80 Å². The molecule has 43 heavy (non-hydrogen) atoms. The summed E-state index contributed by atoms with van der Waals surface area (Å²) < 4.78 is 0. The standard InChI is InChI=1S/C32H34N4O7/c1-35(2)26-20-14-16-13-19-18(15-6-8-17(9-7-15)34-22-5-4-12-36(22)3)10-11-21(37)24(19)27(38)23(16)29(40)32(20,43)30(41)25(28(26)39)31(33)42/h6-11,16,20,26,37-38,41,43H,4-5,12-14H2,1-3H3,(H2,33,42)/t16-,20+,26+,32-/m0/s1. The lowest BCUT2D eigenvalue weighted by Crippen LogP contribution is -2.65. The Balaban J connectivity index is 1.46. The molecule has 0 unspecified atom stereocenters. The molecule has 1 amide bonds. The number of fused-ring (bicyclic) bond motifs is 3. The van der Waals surface area contributed by atoms with Gasteiger partial charge in [0.1, 0.15) is 28.7 Å². The lowest BCUT2D eigenvalue weighted by molar-refractivity contribution is -0.153. The average Bonchev–Trinajstić information content (AvgIpc) is 3.35. The SMILES string of the molecule is CN1CCCC1=Nc1ccc(-c2ccc(O)c3c2C[C@H]2C[C@@H]4[C@@H](N(C)C)C(=O)C(C(N)=O)=C(O)[C@@]4(O)C(=O)C2=C3O)cc1. The zero-order valence-electron chi connectivity index (χ0n) is 24.2. The fourth-order valence-corrected chi connectivity index (χ4v) is 7.31. The fraction of sp³-hybridized carbons (Fsp3) is 0.375. The van der Waals surface area contributed by atoms with Crippen molar-refractivity contribution in [2.24, 2.45) is 22.6 Å². The largest absolute Gasteiger partial charge is 0.508 e. The van der Waals surface area contributed by atoms with Crippen LogP contribution in [0.1, 0.15) is 30.4 Å². The van der Waals surface area contributed by atoms with Crippen molar-refractivity contribution < 1.29 is 34.8 Å². The number of hydrogen-bond acceptors (Lipinski definition) is 9. The Morgan fingerprint density at radius 3 is 2.40 bits per heavy atom. The number of ketones is 2. The summed E-state index contributed by atoms with van der Waals surface area (Å²) in [6.45, 7) is 0.975. The molecular weight excluding hydrogens is 552 g/mol. The van der Waals surface area contributed by atoms with E-state index in [2.05, 4.69) is 4.90 Å². The van der Waals surface area contributed by atoms with E-state index in [0.29, 0.717) is 5.56 Å². The van der Waals surface area contributed by atoms with Gasteiger partial charge in [0.15, 0.2) is 11.4 Å². The highest BCUT2D eigenvalue weighted by molar-refractivity contribution is 6.24. The van der Waals surface area contributed by atoms with Crippen LogP contribution in [0.2, 0.25) is 0 Å². The second-order valence-corrected chi connectivity index (χ2v) is 12.0. The van der Waals surface area contributed by atoms with Crippen LogP contribution in [0.15, 0.2) is 58.3 Å². The maximum atomic E-state index is 14.0. The van der Waals surface area contributed by atoms with Crippen LogP contribution in [0.5, 0.6) is 5.75 Å². The lowest BCUT2D eigenvalue weighted by atomic mass is 9.57. The number of aliphatic hydroxyl groups is 3. The number of Topliss-reactive ketones (excluding diaryl/α,β-unsaturated/α-hetero) is 2. The van der Waals surface area contributed by atoms with E-state index < -0.39 is 58.0 Å². The first-order valence-corrected chi connectivity index (χ1v) is 14.2. The maximum absolute atomic E-state index is 14.0. The molecule has 1 saturated carbocycles. The van der Waals surface area contributed by atoms with E-state index in [-0.39, 0.29) is 29.7 Å². The number of phenolic OH excluding ortho intramolecular Hbond substituents is 1. The first kappa shape index (κ1) is 28.6. The number of aliphatic hydroxyl groups excluding tert-OH is 2. The van der Waals surface area contributed by atoms with Crippen molar-refractivity contribution in [3.63, 3.8) is 0 Å². The van der Waals surface area contributed by atoms with Gasteiger partial charge >= 0.3 is 0 Å². The van der Waals surface area contributed by atoms with Crippen LogP contribution in [0, 0.1) is 11.8 Å². The molecule has 0 spiro atoms. The Morgan fingerprint density at radius 2 is 1.79 bits per heavy atom. The molecule has 2 fully saturated rings. The van der Waals surface area contributed by atoms with Gasteiger partial charge in [0.05, 0.1) is 17.3 Å². The van der Waals surface area contributed by atoms with E-state index in [1.54, 1.807) is 20.2 Å². The number of aliphatic imine (C=N–C) groups is 1. The van der Waals surface area contributed by atoms with Gasteiger partial charge in [0.25, 0.3) is 5.91 Å². The Bertz CT molecular complexity index is 1670. The number of nitrogens with two attached hydrogens (primary N) is 1. The summed E-state index contributed by atoms with van der Waals surface area (Å²) in [5.74, 6) is -5.69. The predicted octanol–water partition coefficient (Wildman–Crippen LogP) is 2.39. The zero-order valence-corrected chi connectivity index (χ0v) is 24.2. The number of amidine groups is 1. The molecule has 0 aromatic heterocycles. The van der Waals surface area contributed by atoms with Gasteiger partial charge in [-0.1, -0.05) is 18.2 Å². The summed E-state index contributed by atoms with van der Waals surface area (Å²) in [5.41, 5.74) is 4.75. The minimum absolute atomic E-state index is 0.0325. The van der Waals surface area contributed by atoms with E-state index in [1.165, 1.54) is 11.0 Å². The molecule has 1 aliphatic heterocycles. The summed E-state index contributed by atoms with van der Waals surface area (Å²) in [6, 6.07) is 9.69. The highest BCUT2D eigenvalue weighted by atomic mass is 16.3. The molecule has 224 valence electrons. The van der Waals surface area contributed by atoms with Crippen LogP contribution in [-0.4, -0.2) is 92.9 Å². The van der Waals surface area contributed by atoms with Gasteiger partial charge in [-0.05, 0) is 74.2 Å². The Kier molecular flexibility index (Phi) is 6.70. The first-order valence-electron chi connectivity index (χ1n) is 14.2. The van der Waals surface area contributed by atoms with Crippen LogP contribution in [0.4, 0.5) is 5.69 Å². The van der Waals surface area contributed by atoms with E-state index in [1.807, 2.05) is 31.3 Å². The number of nitrogens with zero attached hydrogens (tertiary/aromatic N) is 3. The molecule has 3 aliphatic carbocycles. The number of likely N-dealkylation sites (N-methyl/N-ethyl adjacent to an activating group) is 1. The zero-order chi connectivity index (χ0) is 31.0. The van der Waals surface area contributed by atoms with Crippen molar-refractivity contribution in [2.75, 3.05) is 27.7 Å². The van der Waals surface area contributed by atoms with Gasteiger partial charge in [-0.25, -0.2) is 4.99 Å². The third-order valence-electron chi connectivity index (χ3n) is 9.38.